The maximum absolute atomic E-state index is 12.6. The highest BCUT2D eigenvalue weighted by Crippen LogP contribution is 2.28. The number of hydrogen-bond acceptors (Lipinski definition) is 4. The molecule has 1 unspecified atom stereocenters. The Labute approximate surface area is 130 Å². The lowest BCUT2D eigenvalue weighted by Crippen LogP contribution is -2.43. The van der Waals surface area contributed by atoms with Crippen LogP contribution >= 0.6 is 0 Å². The van der Waals surface area contributed by atoms with Crippen LogP contribution < -0.4 is 5.32 Å². The summed E-state index contributed by atoms with van der Waals surface area (Å²) in [5.41, 5.74) is 2.00. The highest BCUT2D eigenvalue weighted by molar-refractivity contribution is 5.84. The summed E-state index contributed by atoms with van der Waals surface area (Å²) in [5.74, 6) is 0.764. The number of aryl methyl sites for hydroxylation is 1. The first kappa shape index (κ1) is 14.8. The molecular weight excluding hydrogens is 280 g/mol. The van der Waals surface area contributed by atoms with E-state index in [1.54, 1.807) is 12.6 Å². The van der Waals surface area contributed by atoms with E-state index in [1.807, 2.05) is 37.6 Å². The largest absolute Gasteiger partial charge is 0.468 e. The molecule has 2 aromatic rings. The third-order valence-corrected chi connectivity index (χ3v) is 3.91. The Morgan fingerprint density at radius 1 is 1.55 bits per heavy atom. The van der Waals surface area contributed by atoms with Crippen LogP contribution in [0.3, 0.4) is 0 Å². The molecule has 0 aliphatic carbocycles. The molecule has 2 aromatic heterocycles. The number of fused-ring (bicyclic) bond motifs is 1. The number of carbonyl (C=O) groups excluding carboxylic acids is 1. The van der Waals surface area contributed by atoms with Crippen molar-refractivity contribution in [1.29, 1.82) is 0 Å². The topological polar surface area (TPSA) is 63.3 Å². The van der Waals surface area contributed by atoms with Crippen molar-refractivity contribution in [1.82, 2.24) is 19.8 Å². The number of carbonyl (C=O) groups is 1. The number of hydrogen-bond donors (Lipinski definition) is 1. The van der Waals surface area contributed by atoms with Gasteiger partial charge in [-0.25, -0.2) is 4.98 Å². The van der Waals surface area contributed by atoms with Crippen LogP contribution in [0.1, 0.15) is 36.9 Å². The predicted octanol–water partition coefficient (Wildman–Crippen LogP) is 1.64. The fourth-order valence-corrected chi connectivity index (χ4v) is 3.01. The maximum atomic E-state index is 12.6. The number of rotatable bonds is 4. The van der Waals surface area contributed by atoms with E-state index in [1.165, 1.54) is 0 Å². The third kappa shape index (κ3) is 2.92. The average Bonchev–Trinajstić information content (AvgIpc) is 3.08. The molecule has 3 heterocycles. The van der Waals surface area contributed by atoms with Gasteiger partial charge in [0.15, 0.2) is 0 Å². The molecule has 0 spiro atoms. The summed E-state index contributed by atoms with van der Waals surface area (Å²) in [6, 6.07) is 3.97. The molecule has 0 saturated heterocycles. The Morgan fingerprint density at radius 2 is 2.36 bits per heavy atom. The van der Waals surface area contributed by atoms with Gasteiger partial charge in [-0.05, 0) is 26.0 Å². The van der Waals surface area contributed by atoms with E-state index in [9.17, 15) is 4.79 Å². The molecule has 1 aliphatic rings. The van der Waals surface area contributed by atoms with E-state index in [0.717, 1.165) is 23.7 Å². The Kier molecular flexibility index (Phi) is 4.02. The molecule has 0 fully saturated rings. The van der Waals surface area contributed by atoms with Gasteiger partial charge >= 0.3 is 0 Å². The van der Waals surface area contributed by atoms with Crippen molar-refractivity contribution in [3.8, 4) is 0 Å². The van der Waals surface area contributed by atoms with Crippen molar-refractivity contribution in [2.75, 3.05) is 6.54 Å². The zero-order valence-electron chi connectivity index (χ0n) is 13.2. The van der Waals surface area contributed by atoms with Crippen molar-refractivity contribution in [2.24, 2.45) is 7.05 Å². The van der Waals surface area contributed by atoms with Gasteiger partial charge in [0.25, 0.3) is 0 Å². The molecule has 1 amide bonds. The monoisotopic (exact) mass is 302 g/mol. The van der Waals surface area contributed by atoms with Crippen molar-refractivity contribution in [3.63, 3.8) is 0 Å². The van der Waals surface area contributed by atoms with Crippen molar-refractivity contribution in [2.45, 2.75) is 38.9 Å². The molecule has 0 bridgehead atoms. The van der Waals surface area contributed by atoms with Crippen LogP contribution in [-0.4, -0.2) is 32.9 Å². The van der Waals surface area contributed by atoms with E-state index < -0.39 is 0 Å². The molecule has 1 atom stereocenters. The van der Waals surface area contributed by atoms with Gasteiger partial charge in [-0.2, -0.15) is 0 Å². The van der Waals surface area contributed by atoms with Gasteiger partial charge < -0.3 is 14.3 Å². The first-order valence-corrected chi connectivity index (χ1v) is 7.59. The SMILES string of the molecule is CC(C)NC(=O)C1CN(Cc2ccco2)Cc2ncn(C)c21. The number of nitrogens with zero attached hydrogens (tertiary/aromatic N) is 3. The summed E-state index contributed by atoms with van der Waals surface area (Å²) in [6.45, 7) is 6.06. The van der Waals surface area contributed by atoms with Gasteiger partial charge in [-0.3, -0.25) is 9.69 Å². The lowest BCUT2D eigenvalue weighted by atomic mass is 9.96. The smallest absolute Gasteiger partial charge is 0.230 e. The van der Waals surface area contributed by atoms with Gasteiger partial charge in [0.05, 0.1) is 36.4 Å². The summed E-state index contributed by atoms with van der Waals surface area (Å²) in [5, 5.41) is 3.02. The lowest BCUT2D eigenvalue weighted by Gasteiger charge is -2.32. The van der Waals surface area contributed by atoms with Crippen molar-refractivity contribution < 1.29 is 9.21 Å². The first-order chi connectivity index (χ1) is 10.5. The van der Waals surface area contributed by atoms with E-state index in [4.69, 9.17) is 4.42 Å². The van der Waals surface area contributed by atoms with Gasteiger partial charge in [0.2, 0.25) is 5.91 Å². The van der Waals surface area contributed by atoms with Crippen LogP contribution in [0.15, 0.2) is 29.1 Å². The molecule has 3 rings (SSSR count). The van der Waals surface area contributed by atoms with Crippen LogP contribution in [-0.2, 0) is 24.9 Å². The fourth-order valence-electron chi connectivity index (χ4n) is 3.01. The highest BCUT2D eigenvalue weighted by Gasteiger charge is 2.34. The van der Waals surface area contributed by atoms with Crippen LogP contribution in [0.5, 0.6) is 0 Å². The lowest BCUT2D eigenvalue weighted by molar-refractivity contribution is -0.124. The predicted molar refractivity (Wildman–Crippen MR) is 82.0 cm³/mol. The van der Waals surface area contributed by atoms with Gasteiger partial charge in [-0.15, -0.1) is 0 Å². The zero-order valence-corrected chi connectivity index (χ0v) is 13.2. The average molecular weight is 302 g/mol. The Morgan fingerprint density at radius 3 is 3.05 bits per heavy atom. The van der Waals surface area contributed by atoms with E-state index in [0.29, 0.717) is 13.1 Å². The van der Waals surface area contributed by atoms with E-state index in [2.05, 4.69) is 15.2 Å². The van der Waals surface area contributed by atoms with Crippen LogP contribution in [0.4, 0.5) is 0 Å². The molecule has 6 nitrogen and oxygen atoms in total. The van der Waals surface area contributed by atoms with Crippen molar-refractivity contribution in [3.05, 3.63) is 41.9 Å². The standard InChI is InChI=1S/C16H22N4O2/c1-11(2)18-16(21)13-8-20(7-12-5-4-6-22-12)9-14-15(13)19(3)10-17-14/h4-6,10-11,13H,7-9H2,1-3H3,(H,18,21). The second-order valence-electron chi connectivity index (χ2n) is 6.15. The summed E-state index contributed by atoms with van der Waals surface area (Å²) in [4.78, 5) is 19.2. The summed E-state index contributed by atoms with van der Waals surface area (Å²) < 4.78 is 7.38. The molecule has 22 heavy (non-hydrogen) atoms. The fraction of sp³-hybridized carbons (Fsp3) is 0.500. The number of aromatic nitrogens is 2. The number of imidazole rings is 1. The highest BCUT2D eigenvalue weighted by atomic mass is 16.3. The first-order valence-electron chi connectivity index (χ1n) is 7.59. The minimum Gasteiger partial charge on any atom is -0.468 e. The van der Waals surface area contributed by atoms with Gasteiger partial charge in [0.1, 0.15) is 5.76 Å². The molecule has 6 heteroatoms. The van der Waals surface area contributed by atoms with Crippen LogP contribution in [0.2, 0.25) is 0 Å². The van der Waals surface area contributed by atoms with Crippen molar-refractivity contribution >= 4 is 5.91 Å². The summed E-state index contributed by atoms with van der Waals surface area (Å²) >= 11 is 0. The normalized spacial score (nSPS) is 18.5. The molecule has 0 radical (unpaired) electrons. The third-order valence-electron chi connectivity index (χ3n) is 3.91. The molecule has 1 N–H and O–H groups in total. The second kappa shape index (κ2) is 5.96. The number of furan rings is 1. The minimum absolute atomic E-state index is 0.0593. The number of amides is 1. The molecule has 0 aromatic carbocycles. The summed E-state index contributed by atoms with van der Waals surface area (Å²) in [7, 11) is 1.95. The Bertz CT molecular complexity index is 645. The van der Waals surface area contributed by atoms with E-state index >= 15 is 0 Å². The Hall–Kier alpha value is -2.08. The number of nitrogens with one attached hydrogen (secondary N) is 1. The summed E-state index contributed by atoms with van der Waals surface area (Å²) in [6.07, 6.45) is 3.46. The quantitative estimate of drug-likeness (QED) is 0.932. The van der Waals surface area contributed by atoms with Gasteiger partial charge in [-0.1, -0.05) is 0 Å². The maximum Gasteiger partial charge on any atom is 0.230 e. The van der Waals surface area contributed by atoms with Crippen LogP contribution in [0, 0.1) is 0 Å². The zero-order chi connectivity index (χ0) is 15.7. The van der Waals surface area contributed by atoms with E-state index in [-0.39, 0.29) is 17.9 Å². The molecule has 0 saturated carbocycles. The molecular formula is C16H22N4O2. The minimum atomic E-state index is -0.200. The molecule has 118 valence electrons. The van der Waals surface area contributed by atoms with Gasteiger partial charge in [0, 0.05) is 26.2 Å². The molecule has 1 aliphatic heterocycles. The Balaban J connectivity index is 1.83. The van der Waals surface area contributed by atoms with Crippen LogP contribution in [0.25, 0.3) is 0 Å². The second-order valence-corrected chi connectivity index (χ2v) is 6.15.